The fourth-order valence-corrected chi connectivity index (χ4v) is 1.93. The maximum atomic E-state index is 5.92. The highest BCUT2D eigenvalue weighted by Crippen LogP contribution is 2.30. The number of alkyl halides is 1. The predicted molar refractivity (Wildman–Crippen MR) is 64.6 cm³/mol. The van der Waals surface area contributed by atoms with Crippen LogP contribution in [-0.2, 0) is 5.33 Å². The largest absolute Gasteiger partial charge is 0.443 e. The lowest BCUT2D eigenvalue weighted by Crippen LogP contribution is -1.82. The minimum Gasteiger partial charge on any atom is -0.443 e. The highest BCUT2D eigenvalue weighted by molar-refractivity contribution is 9.08. The molecule has 0 aliphatic carbocycles. The van der Waals surface area contributed by atoms with E-state index in [0.29, 0.717) is 21.1 Å². The van der Waals surface area contributed by atoms with Gasteiger partial charge in [0.25, 0.3) is 0 Å². The summed E-state index contributed by atoms with van der Waals surface area (Å²) in [6.45, 7) is 0. The maximum absolute atomic E-state index is 5.92. The Morgan fingerprint density at radius 3 is 2.73 bits per heavy atom. The smallest absolute Gasteiger partial charge is 0.181 e. The third-order valence-corrected chi connectivity index (χ3v) is 3.22. The molecule has 2 nitrogen and oxygen atoms in total. The molecular weight excluding hydrogens is 301 g/mol. The summed E-state index contributed by atoms with van der Waals surface area (Å²) in [5.41, 5.74) is 1.71. The van der Waals surface area contributed by atoms with E-state index < -0.39 is 0 Å². The molecule has 0 atom stereocenters. The second-order valence-electron chi connectivity index (χ2n) is 2.89. The first-order valence-corrected chi connectivity index (χ1v) is 6.04. The molecule has 0 spiro atoms. The molecule has 0 saturated heterocycles. The molecular formula is C10H6BrCl2NO. The van der Waals surface area contributed by atoms with Gasteiger partial charge in [0.1, 0.15) is 0 Å². The van der Waals surface area contributed by atoms with Gasteiger partial charge in [-0.3, -0.25) is 0 Å². The zero-order chi connectivity index (χ0) is 10.8. The first-order valence-electron chi connectivity index (χ1n) is 4.16. The van der Waals surface area contributed by atoms with Gasteiger partial charge in [0, 0.05) is 10.9 Å². The number of benzene rings is 1. The van der Waals surface area contributed by atoms with Crippen LogP contribution >= 0.6 is 39.1 Å². The van der Waals surface area contributed by atoms with Crippen LogP contribution in [0.5, 0.6) is 0 Å². The third-order valence-electron chi connectivity index (χ3n) is 1.95. The Kier molecular flexibility index (Phi) is 3.34. The minimum atomic E-state index is 0.506. The molecule has 1 aromatic heterocycles. The summed E-state index contributed by atoms with van der Waals surface area (Å²) in [5, 5.41) is 1.67. The van der Waals surface area contributed by atoms with Gasteiger partial charge in [-0.2, -0.15) is 0 Å². The van der Waals surface area contributed by atoms with Gasteiger partial charge in [0.05, 0.1) is 15.7 Å². The van der Waals surface area contributed by atoms with E-state index in [2.05, 4.69) is 20.9 Å². The van der Waals surface area contributed by atoms with Crippen molar-refractivity contribution in [3.8, 4) is 11.3 Å². The summed E-state index contributed by atoms with van der Waals surface area (Å²) < 4.78 is 5.29. The van der Waals surface area contributed by atoms with E-state index >= 15 is 0 Å². The van der Waals surface area contributed by atoms with E-state index in [9.17, 15) is 0 Å². The van der Waals surface area contributed by atoms with E-state index in [1.807, 2.05) is 6.07 Å². The number of hydrogen-bond acceptors (Lipinski definition) is 2. The van der Waals surface area contributed by atoms with E-state index in [1.54, 1.807) is 12.1 Å². The summed E-state index contributed by atoms with van der Waals surface area (Å²) in [5.74, 6) is 0.713. The number of rotatable bonds is 2. The highest BCUT2D eigenvalue weighted by Gasteiger charge is 2.10. The molecule has 1 heterocycles. The van der Waals surface area contributed by atoms with Crippen molar-refractivity contribution < 1.29 is 4.42 Å². The lowest BCUT2D eigenvalue weighted by Gasteiger charge is -2.00. The molecule has 2 rings (SSSR count). The lowest BCUT2D eigenvalue weighted by molar-refractivity contribution is 0.571. The van der Waals surface area contributed by atoms with Gasteiger partial charge in [-0.05, 0) is 18.2 Å². The van der Waals surface area contributed by atoms with Gasteiger partial charge in [0.15, 0.2) is 12.2 Å². The predicted octanol–water partition coefficient (Wildman–Crippen LogP) is 4.54. The van der Waals surface area contributed by atoms with Crippen LogP contribution in [0.4, 0.5) is 0 Å². The van der Waals surface area contributed by atoms with Crippen molar-refractivity contribution in [2.24, 2.45) is 0 Å². The zero-order valence-corrected chi connectivity index (χ0v) is 10.6. The van der Waals surface area contributed by atoms with Crippen LogP contribution in [0.25, 0.3) is 11.3 Å². The van der Waals surface area contributed by atoms with Crippen LogP contribution in [-0.4, -0.2) is 4.98 Å². The van der Waals surface area contributed by atoms with Crippen molar-refractivity contribution >= 4 is 39.1 Å². The SMILES string of the molecule is Clc1ccc(-c2ocnc2CBr)cc1Cl. The Morgan fingerprint density at radius 1 is 1.27 bits per heavy atom. The molecule has 0 fully saturated rings. The molecule has 2 aromatic rings. The quantitative estimate of drug-likeness (QED) is 0.761. The first-order chi connectivity index (χ1) is 7.22. The fraction of sp³-hybridized carbons (Fsp3) is 0.100. The second-order valence-corrected chi connectivity index (χ2v) is 4.27. The van der Waals surface area contributed by atoms with Crippen molar-refractivity contribution in [3.05, 3.63) is 40.3 Å². The average Bonchev–Trinajstić information content (AvgIpc) is 2.70. The van der Waals surface area contributed by atoms with Crippen LogP contribution in [0.2, 0.25) is 10.0 Å². The fourth-order valence-electron chi connectivity index (χ4n) is 1.24. The van der Waals surface area contributed by atoms with Gasteiger partial charge in [0.2, 0.25) is 0 Å². The van der Waals surface area contributed by atoms with E-state index in [1.165, 1.54) is 6.39 Å². The van der Waals surface area contributed by atoms with E-state index in [4.69, 9.17) is 27.6 Å². The molecule has 0 saturated carbocycles. The van der Waals surface area contributed by atoms with Crippen molar-refractivity contribution in [2.75, 3.05) is 0 Å². The number of hydrogen-bond donors (Lipinski definition) is 0. The molecule has 1 aromatic carbocycles. The van der Waals surface area contributed by atoms with Crippen LogP contribution in [0.15, 0.2) is 29.0 Å². The lowest BCUT2D eigenvalue weighted by atomic mass is 10.1. The summed E-state index contributed by atoms with van der Waals surface area (Å²) in [4.78, 5) is 4.07. The Hall–Kier alpha value is -0.510. The van der Waals surface area contributed by atoms with Gasteiger partial charge in [-0.15, -0.1) is 0 Å². The van der Waals surface area contributed by atoms with Crippen LogP contribution in [0.1, 0.15) is 5.69 Å². The average molecular weight is 307 g/mol. The normalized spacial score (nSPS) is 10.6. The summed E-state index contributed by atoms with van der Waals surface area (Å²) >= 11 is 15.1. The molecule has 5 heteroatoms. The first kappa shape index (κ1) is 11.0. The van der Waals surface area contributed by atoms with Crippen LogP contribution in [0, 0.1) is 0 Å². The molecule has 0 aliphatic rings. The molecule has 0 radical (unpaired) electrons. The zero-order valence-electron chi connectivity index (χ0n) is 7.51. The minimum absolute atomic E-state index is 0.506. The summed E-state index contributed by atoms with van der Waals surface area (Å²) in [6, 6.07) is 5.34. The maximum Gasteiger partial charge on any atom is 0.181 e. The van der Waals surface area contributed by atoms with Gasteiger partial charge in [-0.1, -0.05) is 39.1 Å². The van der Waals surface area contributed by atoms with Crippen molar-refractivity contribution in [1.82, 2.24) is 4.98 Å². The molecule has 0 unspecified atom stereocenters. The Bertz CT molecular complexity index is 484. The number of aromatic nitrogens is 1. The van der Waals surface area contributed by atoms with Gasteiger partial charge >= 0.3 is 0 Å². The molecule has 0 bridgehead atoms. The molecule has 0 N–H and O–H groups in total. The van der Waals surface area contributed by atoms with Crippen LogP contribution < -0.4 is 0 Å². The Labute approximate surface area is 105 Å². The summed E-state index contributed by atoms with van der Waals surface area (Å²) in [7, 11) is 0. The topological polar surface area (TPSA) is 26.0 Å². The third kappa shape index (κ3) is 2.19. The Morgan fingerprint density at radius 2 is 2.07 bits per heavy atom. The van der Waals surface area contributed by atoms with E-state index in [0.717, 1.165) is 11.3 Å². The van der Waals surface area contributed by atoms with Crippen molar-refractivity contribution in [2.45, 2.75) is 5.33 Å². The molecule has 0 amide bonds. The second kappa shape index (κ2) is 4.56. The standard InChI is InChI=1S/C10H6BrCl2NO/c11-4-9-10(15-5-14-9)6-1-2-7(12)8(13)3-6/h1-3,5H,4H2. The number of oxazole rings is 1. The number of nitrogens with zero attached hydrogens (tertiary/aromatic N) is 1. The molecule has 78 valence electrons. The van der Waals surface area contributed by atoms with E-state index in [-0.39, 0.29) is 0 Å². The monoisotopic (exact) mass is 305 g/mol. The van der Waals surface area contributed by atoms with Crippen molar-refractivity contribution in [1.29, 1.82) is 0 Å². The molecule has 0 aliphatic heterocycles. The summed E-state index contributed by atoms with van der Waals surface area (Å²) in [6.07, 6.45) is 1.41. The highest BCUT2D eigenvalue weighted by atomic mass is 79.9. The van der Waals surface area contributed by atoms with Gasteiger partial charge < -0.3 is 4.42 Å². The Balaban J connectivity index is 2.50. The van der Waals surface area contributed by atoms with Gasteiger partial charge in [-0.25, -0.2) is 4.98 Å². The van der Waals surface area contributed by atoms with Crippen molar-refractivity contribution in [3.63, 3.8) is 0 Å². The van der Waals surface area contributed by atoms with Crippen LogP contribution in [0.3, 0.4) is 0 Å². The number of halogens is 3. The molecule has 15 heavy (non-hydrogen) atoms.